The molecule has 0 atom stereocenters. The first-order valence-corrected chi connectivity index (χ1v) is 5.89. The summed E-state index contributed by atoms with van der Waals surface area (Å²) in [5, 5.41) is 0.147. The van der Waals surface area contributed by atoms with Crippen molar-refractivity contribution >= 4 is 17.7 Å². The van der Waals surface area contributed by atoms with Crippen molar-refractivity contribution < 1.29 is 9.13 Å². The Balaban J connectivity index is 2.91. The molecule has 0 aliphatic rings. The highest BCUT2D eigenvalue weighted by molar-refractivity contribution is 6.32. The van der Waals surface area contributed by atoms with Crippen LogP contribution in [0.4, 0.5) is 4.39 Å². The molecule has 0 bridgehead atoms. The van der Waals surface area contributed by atoms with Crippen LogP contribution >= 0.6 is 11.6 Å². The van der Waals surface area contributed by atoms with Gasteiger partial charge in [0.1, 0.15) is 5.82 Å². The van der Waals surface area contributed by atoms with Crippen LogP contribution in [0.2, 0.25) is 5.02 Å². The molecule has 1 aromatic carbocycles. The summed E-state index contributed by atoms with van der Waals surface area (Å²) in [4.78, 5) is 0. The molecule has 94 valence electrons. The summed E-state index contributed by atoms with van der Waals surface area (Å²) in [6, 6.07) is 4.76. The first-order valence-electron chi connectivity index (χ1n) is 5.51. The SMILES string of the molecule is COC/C(=C/c1cccc(F)c1Cl)CCCN. The Morgan fingerprint density at radius 1 is 1.53 bits per heavy atom. The number of rotatable bonds is 6. The zero-order chi connectivity index (χ0) is 12.7. The number of halogens is 2. The first-order chi connectivity index (χ1) is 8.19. The lowest BCUT2D eigenvalue weighted by atomic mass is 10.1. The highest BCUT2D eigenvalue weighted by Crippen LogP contribution is 2.23. The maximum absolute atomic E-state index is 13.3. The molecule has 0 fully saturated rings. The normalized spacial score (nSPS) is 11.9. The van der Waals surface area contributed by atoms with Crippen molar-refractivity contribution in [2.45, 2.75) is 12.8 Å². The Labute approximate surface area is 106 Å². The Hall–Kier alpha value is -0.900. The molecule has 1 aromatic rings. The Morgan fingerprint density at radius 2 is 2.29 bits per heavy atom. The fraction of sp³-hybridized carbons (Fsp3) is 0.385. The molecule has 0 unspecified atom stereocenters. The first kappa shape index (κ1) is 14.2. The van der Waals surface area contributed by atoms with Crippen molar-refractivity contribution in [2.24, 2.45) is 5.73 Å². The van der Waals surface area contributed by atoms with Crippen LogP contribution in [0, 0.1) is 5.82 Å². The zero-order valence-corrected chi connectivity index (χ0v) is 10.6. The van der Waals surface area contributed by atoms with Gasteiger partial charge in [-0.2, -0.15) is 0 Å². The van der Waals surface area contributed by atoms with Gasteiger partial charge in [0.25, 0.3) is 0 Å². The molecule has 0 saturated carbocycles. The van der Waals surface area contributed by atoms with E-state index in [-0.39, 0.29) is 5.02 Å². The van der Waals surface area contributed by atoms with Crippen LogP contribution in [0.3, 0.4) is 0 Å². The molecule has 0 radical (unpaired) electrons. The highest BCUT2D eigenvalue weighted by Gasteiger charge is 2.05. The van der Waals surface area contributed by atoms with Gasteiger partial charge in [0, 0.05) is 7.11 Å². The maximum Gasteiger partial charge on any atom is 0.142 e. The van der Waals surface area contributed by atoms with Crippen molar-refractivity contribution in [3.8, 4) is 0 Å². The number of hydrogen-bond acceptors (Lipinski definition) is 2. The predicted octanol–water partition coefficient (Wildman–Crippen LogP) is 3.25. The highest BCUT2D eigenvalue weighted by atomic mass is 35.5. The van der Waals surface area contributed by atoms with Gasteiger partial charge in [-0.25, -0.2) is 4.39 Å². The van der Waals surface area contributed by atoms with E-state index >= 15 is 0 Å². The fourth-order valence-electron chi connectivity index (χ4n) is 1.55. The van der Waals surface area contributed by atoms with Gasteiger partial charge in [0.2, 0.25) is 0 Å². The molecule has 2 N–H and O–H groups in total. The molecule has 0 saturated heterocycles. The van der Waals surface area contributed by atoms with Crippen LogP contribution in [-0.2, 0) is 4.74 Å². The minimum absolute atomic E-state index is 0.147. The van der Waals surface area contributed by atoms with E-state index in [4.69, 9.17) is 22.1 Å². The van der Waals surface area contributed by atoms with E-state index in [2.05, 4.69) is 0 Å². The number of hydrogen-bond donors (Lipinski definition) is 1. The number of methoxy groups -OCH3 is 1. The van der Waals surface area contributed by atoms with Crippen LogP contribution in [-0.4, -0.2) is 20.3 Å². The molecule has 0 heterocycles. The smallest absolute Gasteiger partial charge is 0.142 e. The van der Waals surface area contributed by atoms with Gasteiger partial charge in [0.05, 0.1) is 11.6 Å². The number of benzene rings is 1. The van der Waals surface area contributed by atoms with Crippen molar-refractivity contribution in [3.05, 3.63) is 40.2 Å². The van der Waals surface area contributed by atoms with Gasteiger partial charge in [0.15, 0.2) is 0 Å². The van der Waals surface area contributed by atoms with E-state index in [1.54, 1.807) is 19.2 Å². The van der Waals surface area contributed by atoms with Gasteiger partial charge < -0.3 is 10.5 Å². The number of nitrogens with two attached hydrogens (primary N) is 1. The quantitative estimate of drug-likeness (QED) is 0.849. The van der Waals surface area contributed by atoms with Crippen molar-refractivity contribution in [1.82, 2.24) is 0 Å². The average molecular weight is 258 g/mol. The van der Waals surface area contributed by atoms with Crippen molar-refractivity contribution in [2.75, 3.05) is 20.3 Å². The Morgan fingerprint density at radius 3 is 2.94 bits per heavy atom. The standard InChI is InChI=1S/C13H17ClFNO/c1-17-9-10(4-3-7-16)8-11-5-2-6-12(15)13(11)14/h2,5-6,8H,3-4,7,9,16H2,1H3/b10-8+. The van der Waals surface area contributed by atoms with E-state index in [1.807, 2.05) is 6.08 Å². The van der Waals surface area contributed by atoms with Gasteiger partial charge in [-0.1, -0.05) is 29.8 Å². The second-order valence-corrected chi connectivity index (χ2v) is 4.15. The molecule has 17 heavy (non-hydrogen) atoms. The molecule has 1 rings (SSSR count). The largest absolute Gasteiger partial charge is 0.380 e. The molecule has 4 heteroatoms. The summed E-state index contributed by atoms with van der Waals surface area (Å²) in [5.74, 6) is -0.406. The van der Waals surface area contributed by atoms with Crippen molar-refractivity contribution in [1.29, 1.82) is 0 Å². The summed E-state index contributed by atoms with van der Waals surface area (Å²) < 4.78 is 18.4. The van der Waals surface area contributed by atoms with Crippen LogP contribution in [0.15, 0.2) is 23.8 Å². The third-order valence-corrected chi connectivity index (χ3v) is 2.77. The Bertz CT molecular complexity index is 393. The molecular weight excluding hydrogens is 241 g/mol. The second-order valence-electron chi connectivity index (χ2n) is 3.77. The summed E-state index contributed by atoms with van der Waals surface area (Å²) in [6.45, 7) is 1.13. The predicted molar refractivity (Wildman–Crippen MR) is 69.6 cm³/mol. The molecule has 2 nitrogen and oxygen atoms in total. The van der Waals surface area contributed by atoms with Crippen LogP contribution < -0.4 is 5.73 Å². The average Bonchev–Trinajstić information content (AvgIpc) is 2.32. The van der Waals surface area contributed by atoms with Crippen LogP contribution in [0.1, 0.15) is 18.4 Å². The molecule has 0 aliphatic heterocycles. The van der Waals surface area contributed by atoms with E-state index < -0.39 is 5.82 Å². The van der Waals surface area contributed by atoms with Crippen LogP contribution in [0.25, 0.3) is 6.08 Å². The lowest BCUT2D eigenvalue weighted by Crippen LogP contribution is -2.02. The topological polar surface area (TPSA) is 35.2 Å². The zero-order valence-electron chi connectivity index (χ0n) is 9.88. The second kappa shape index (κ2) is 7.43. The molecule has 0 aromatic heterocycles. The summed E-state index contributed by atoms with van der Waals surface area (Å²) in [6.07, 6.45) is 3.57. The Kier molecular flexibility index (Phi) is 6.19. The molecule has 0 aliphatic carbocycles. The molecule has 0 spiro atoms. The van der Waals surface area contributed by atoms with E-state index in [0.717, 1.165) is 18.4 Å². The van der Waals surface area contributed by atoms with E-state index in [9.17, 15) is 4.39 Å². The third kappa shape index (κ3) is 4.46. The third-order valence-electron chi connectivity index (χ3n) is 2.37. The van der Waals surface area contributed by atoms with Crippen LogP contribution in [0.5, 0.6) is 0 Å². The number of ether oxygens (including phenoxy) is 1. The van der Waals surface area contributed by atoms with E-state index in [1.165, 1.54) is 6.07 Å². The van der Waals surface area contributed by atoms with Gasteiger partial charge >= 0.3 is 0 Å². The van der Waals surface area contributed by atoms with Gasteiger partial charge in [-0.15, -0.1) is 0 Å². The molecule has 0 amide bonds. The molecular formula is C13H17ClFNO. The minimum Gasteiger partial charge on any atom is -0.380 e. The summed E-state index contributed by atoms with van der Waals surface area (Å²) in [5.41, 5.74) is 7.20. The summed E-state index contributed by atoms with van der Waals surface area (Å²) >= 11 is 5.89. The maximum atomic E-state index is 13.3. The van der Waals surface area contributed by atoms with Gasteiger partial charge in [-0.05, 0) is 36.6 Å². The monoisotopic (exact) mass is 257 g/mol. The lowest BCUT2D eigenvalue weighted by Gasteiger charge is -2.07. The minimum atomic E-state index is -0.406. The van der Waals surface area contributed by atoms with Gasteiger partial charge in [-0.3, -0.25) is 0 Å². The fourth-order valence-corrected chi connectivity index (χ4v) is 1.73. The lowest BCUT2D eigenvalue weighted by molar-refractivity contribution is 0.223. The van der Waals surface area contributed by atoms with E-state index in [0.29, 0.717) is 18.7 Å². The summed E-state index contributed by atoms with van der Waals surface area (Å²) in [7, 11) is 1.63. The van der Waals surface area contributed by atoms with Crippen molar-refractivity contribution in [3.63, 3.8) is 0 Å².